The fraction of sp³-hybridized carbons (Fsp3) is 1.00. The number of aliphatic hydroxyl groups is 1. The van der Waals surface area contributed by atoms with Crippen LogP contribution in [-0.4, -0.2) is 17.5 Å². The third-order valence-electron chi connectivity index (χ3n) is 1.75. The minimum atomic E-state index is -0.756. The Kier molecular flexibility index (Phi) is 1.78. The van der Waals surface area contributed by atoms with Crippen LogP contribution >= 0.6 is 0 Å². The van der Waals surface area contributed by atoms with Crippen LogP contribution in [0.4, 0.5) is 0 Å². The van der Waals surface area contributed by atoms with Gasteiger partial charge in [0.1, 0.15) is 0 Å². The van der Waals surface area contributed by atoms with E-state index in [1.807, 2.05) is 6.92 Å². The van der Waals surface area contributed by atoms with E-state index in [9.17, 15) is 5.11 Å². The van der Waals surface area contributed by atoms with Crippen molar-refractivity contribution in [2.24, 2.45) is 5.92 Å². The monoisotopic (exact) mass is 130 g/mol. The van der Waals surface area contributed by atoms with Crippen molar-refractivity contribution in [1.29, 1.82) is 0 Å². The summed E-state index contributed by atoms with van der Waals surface area (Å²) in [4.78, 5) is 0. The lowest BCUT2D eigenvalue weighted by Gasteiger charge is -2.41. The molecule has 0 aromatic rings. The molecule has 0 unspecified atom stereocenters. The molecule has 2 heteroatoms. The van der Waals surface area contributed by atoms with E-state index in [1.54, 1.807) is 0 Å². The highest BCUT2D eigenvalue weighted by Gasteiger charge is 2.40. The lowest BCUT2D eigenvalue weighted by atomic mass is 9.80. The van der Waals surface area contributed by atoms with Crippen LogP contribution in [0.5, 0.6) is 0 Å². The van der Waals surface area contributed by atoms with Gasteiger partial charge in [-0.15, -0.1) is 0 Å². The molecule has 2 nitrogen and oxygen atoms in total. The molecule has 1 N–H and O–H groups in total. The van der Waals surface area contributed by atoms with Gasteiger partial charge >= 0.3 is 0 Å². The van der Waals surface area contributed by atoms with Gasteiger partial charge in [-0.25, -0.2) is 0 Å². The van der Waals surface area contributed by atoms with Crippen molar-refractivity contribution in [3.05, 3.63) is 0 Å². The highest BCUT2D eigenvalue weighted by atomic mass is 16.6. The van der Waals surface area contributed by atoms with Crippen LogP contribution in [0.25, 0.3) is 0 Å². The first kappa shape index (κ1) is 7.03. The molecule has 1 aliphatic rings. The minimum Gasteiger partial charge on any atom is -0.365 e. The number of rotatable bonds is 2. The third-order valence-corrected chi connectivity index (χ3v) is 1.75. The summed E-state index contributed by atoms with van der Waals surface area (Å²) >= 11 is 0. The maximum absolute atomic E-state index is 9.36. The summed E-state index contributed by atoms with van der Waals surface area (Å²) in [7, 11) is 0. The van der Waals surface area contributed by atoms with E-state index in [4.69, 9.17) is 4.74 Å². The summed E-state index contributed by atoms with van der Waals surface area (Å²) in [6, 6.07) is 0. The second kappa shape index (κ2) is 2.27. The topological polar surface area (TPSA) is 29.5 Å². The van der Waals surface area contributed by atoms with Crippen LogP contribution < -0.4 is 0 Å². The van der Waals surface area contributed by atoms with Gasteiger partial charge in [-0.3, -0.25) is 0 Å². The van der Waals surface area contributed by atoms with Crippen molar-refractivity contribution in [3.63, 3.8) is 0 Å². The van der Waals surface area contributed by atoms with Gasteiger partial charge in [0.15, 0.2) is 5.79 Å². The van der Waals surface area contributed by atoms with E-state index in [2.05, 4.69) is 6.92 Å². The molecule has 9 heavy (non-hydrogen) atoms. The third kappa shape index (κ3) is 1.43. The van der Waals surface area contributed by atoms with Crippen LogP contribution in [0.3, 0.4) is 0 Å². The minimum absolute atomic E-state index is 0.614. The Bertz CT molecular complexity index is 89.6. The molecule has 0 bridgehead atoms. The molecule has 0 saturated heterocycles. The van der Waals surface area contributed by atoms with Crippen LogP contribution in [0.1, 0.15) is 26.7 Å². The standard InChI is InChI=1S/C7H14O2/c1-3-9-7(8)4-6(2)5-7/h6,8H,3-5H2,1-2H3. The molecule has 0 amide bonds. The van der Waals surface area contributed by atoms with Gasteiger partial charge in [0.2, 0.25) is 0 Å². The van der Waals surface area contributed by atoms with Gasteiger partial charge < -0.3 is 9.84 Å². The molecule has 0 aromatic carbocycles. The number of ether oxygens (including phenoxy) is 1. The molecule has 1 fully saturated rings. The molecular weight excluding hydrogens is 116 g/mol. The fourth-order valence-electron chi connectivity index (χ4n) is 1.42. The van der Waals surface area contributed by atoms with Crippen molar-refractivity contribution < 1.29 is 9.84 Å². The van der Waals surface area contributed by atoms with Crippen LogP contribution in [0, 0.1) is 5.92 Å². The lowest BCUT2D eigenvalue weighted by Crippen LogP contribution is -2.45. The molecule has 0 aromatic heterocycles. The van der Waals surface area contributed by atoms with Crippen LogP contribution in [-0.2, 0) is 4.74 Å². The van der Waals surface area contributed by atoms with Crippen molar-refractivity contribution in [1.82, 2.24) is 0 Å². The molecule has 0 atom stereocenters. The second-order valence-electron chi connectivity index (χ2n) is 2.89. The molecule has 0 radical (unpaired) electrons. The molecule has 1 saturated carbocycles. The number of hydrogen-bond donors (Lipinski definition) is 1. The predicted octanol–water partition coefficient (Wildman–Crippen LogP) is 1.14. The smallest absolute Gasteiger partial charge is 0.165 e. The first-order valence-electron chi connectivity index (χ1n) is 3.52. The Morgan fingerprint density at radius 2 is 2.22 bits per heavy atom. The zero-order valence-corrected chi connectivity index (χ0v) is 6.05. The highest BCUT2D eigenvalue weighted by Crippen LogP contribution is 2.37. The van der Waals surface area contributed by atoms with Crippen LogP contribution in [0.15, 0.2) is 0 Å². The molecule has 0 aliphatic heterocycles. The Morgan fingerprint density at radius 3 is 2.56 bits per heavy atom. The number of hydrogen-bond acceptors (Lipinski definition) is 2. The average Bonchev–Trinajstić information content (AvgIpc) is 1.62. The summed E-state index contributed by atoms with van der Waals surface area (Å²) in [5.41, 5.74) is 0. The van der Waals surface area contributed by atoms with Crippen molar-refractivity contribution in [2.75, 3.05) is 6.61 Å². The normalized spacial score (nSPS) is 42.3. The van der Waals surface area contributed by atoms with E-state index in [-0.39, 0.29) is 0 Å². The summed E-state index contributed by atoms with van der Waals surface area (Å²) in [5, 5.41) is 9.36. The first-order valence-corrected chi connectivity index (χ1v) is 3.52. The van der Waals surface area contributed by atoms with Crippen LogP contribution in [0.2, 0.25) is 0 Å². The van der Waals surface area contributed by atoms with Crippen molar-refractivity contribution >= 4 is 0 Å². The van der Waals surface area contributed by atoms with Gasteiger partial charge in [0.25, 0.3) is 0 Å². The molecule has 0 spiro atoms. The molecule has 1 rings (SSSR count). The zero-order valence-electron chi connectivity index (χ0n) is 6.05. The molecule has 54 valence electrons. The van der Waals surface area contributed by atoms with E-state index in [1.165, 1.54) is 0 Å². The van der Waals surface area contributed by atoms with Crippen molar-refractivity contribution in [3.8, 4) is 0 Å². The zero-order chi connectivity index (χ0) is 6.91. The lowest BCUT2D eigenvalue weighted by molar-refractivity contribution is -0.262. The Labute approximate surface area is 55.8 Å². The Morgan fingerprint density at radius 1 is 1.67 bits per heavy atom. The quantitative estimate of drug-likeness (QED) is 0.568. The summed E-state index contributed by atoms with van der Waals surface area (Å²) < 4.78 is 5.09. The van der Waals surface area contributed by atoms with Gasteiger partial charge in [-0.05, 0) is 12.8 Å². The van der Waals surface area contributed by atoms with Gasteiger partial charge in [0.05, 0.1) is 0 Å². The van der Waals surface area contributed by atoms with Gasteiger partial charge in [-0.2, -0.15) is 0 Å². The fourth-order valence-corrected chi connectivity index (χ4v) is 1.42. The second-order valence-corrected chi connectivity index (χ2v) is 2.89. The highest BCUT2D eigenvalue weighted by molar-refractivity contribution is 4.83. The van der Waals surface area contributed by atoms with E-state index >= 15 is 0 Å². The molecular formula is C7H14O2. The van der Waals surface area contributed by atoms with E-state index in [0.717, 1.165) is 12.8 Å². The van der Waals surface area contributed by atoms with E-state index < -0.39 is 5.79 Å². The summed E-state index contributed by atoms with van der Waals surface area (Å²) in [5.74, 6) is -0.115. The SMILES string of the molecule is CCOC1(O)CC(C)C1. The first-order chi connectivity index (χ1) is 4.16. The Hall–Kier alpha value is -0.0800. The molecule has 1 aliphatic carbocycles. The predicted molar refractivity (Wildman–Crippen MR) is 35.0 cm³/mol. The van der Waals surface area contributed by atoms with Gasteiger partial charge in [-0.1, -0.05) is 6.92 Å². The Balaban J connectivity index is 2.23. The maximum Gasteiger partial charge on any atom is 0.165 e. The largest absolute Gasteiger partial charge is 0.365 e. The van der Waals surface area contributed by atoms with Crippen molar-refractivity contribution in [2.45, 2.75) is 32.5 Å². The maximum atomic E-state index is 9.36. The van der Waals surface area contributed by atoms with E-state index in [0.29, 0.717) is 12.5 Å². The summed E-state index contributed by atoms with van der Waals surface area (Å²) in [6.07, 6.45) is 1.61. The average molecular weight is 130 g/mol. The molecule has 0 heterocycles. The van der Waals surface area contributed by atoms with Gasteiger partial charge in [0, 0.05) is 19.4 Å². The summed E-state index contributed by atoms with van der Waals surface area (Å²) in [6.45, 7) is 4.64.